The average Bonchev–Trinajstić information content (AvgIpc) is 3.08. The standard InChI is InChI=1S/C23H26N4O5/c1-15-10-18(14-25-24-13-17-6-9-21(30-3)23(11-17)32-5)16(2)26(15)20-8-7-19(27(28)29)12-22(20)31-4/h6-12,14,24H,13H2,1-5H3/b25-14-. The highest BCUT2D eigenvalue weighted by Crippen LogP contribution is 2.31. The lowest BCUT2D eigenvalue weighted by atomic mass is 10.2. The lowest BCUT2D eigenvalue weighted by Crippen LogP contribution is -2.06. The van der Waals surface area contributed by atoms with Gasteiger partial charge in [0.15, 0.2) is 11.5 Å². The molecule has 0 spiro atoms. The summed E-state index contributed by atoms with van der Waals surface area (Å²) < 4.78 is 18.0. The molecule has 3 aromatic rings. The van der Waals surface area contributed by atoms with E-state index in [1.165, 1.54) is 19.2 Å². The van der Waals surface area contributed by atoms with Crippen LogP contribution in [0.1, 0.15) is 22.5 Å². The van der Waals surface area contributed by atoms with E-state index in [0.29, 0.717) is 23.8 Å². The summed E-state index contributed by atoms with van der Waals surface area (Å²) in [6, 6.07) is 12.3. The molecule has 0 saturated carbocycles. The lowest BCUT2D eigenvalue weighted by molar-refractivity contribution is -0.384. The predicted molar refractivity (Wildman–Crippen MR) is 122 cm³/mol. The summed E-state index contributed by atoms with van der Waals surface area (Å²) in [7, 11) is 4.70. The highest BCUT2D eigenvalue weighted by atomic mass is 16.6. The maximum Gasteiger partial charge on any atom is 0.273 e. The van der Waals surface area contributed by atoms with Gasteiger partial charge in [-0.1, -0.05) is 6.07 Å². The van der Waals surface area contributed by atoms with Gasteiger partial charge in [0.25, 0.3) is 5.69 Å². The van der Waals surface area contributed by atoms with Crippen molar-refractivity contribution in [1.29, 1.82) is 0 Å². The number of ether oxygens (including phenoxy) is 3. The topological polar surface area (TPSA) is 100 Å². The van der Waals surface area contributed by atoms with Crippen molar-refractivity contribution in [3.8, 4) is 22.9 Å². The van der Waals surface area contributed by atoms with Crippen molar-refractivity contribution in [3.05, 3.63) is 75.1 Å². The smallest absolute Gasteiger partial charge is 0.273 e. The number of hydrogen-bond acceptors (Lipinski definition) is 7. The second kappa shape index (κ2) is 9.86. The van der Waals surface area contributed by atoms with Gasteiger partial charge in [-0.3, -0.25) is 10.1 Å². The molecule has 32 heavy (non-hydrogen) atoms. The Morgan fingerprint density at radius 1 is 1.00 bits per heavy atom. The third-order valence-electron chi connectivity index (χ3n) is 5.11. The molecule has 0 unspecified atom stereocenters. The third-order valence-corrected chi connectivity index (χ3v) is 5.11. The fourth-order valence-corrected chi connectivity index (χ4v) is 3.50. The van der Waals surface area contributed by atoms with Gasteiger partial charge in [-0.15, -0.1) is 0 Å². The van der Waals surface area contributed by atoms with Crippen LogP contribution in [-0.2, 0) is 6.54 Å². The number of nitrogens with zero attached hydrogens (tertiary/aromatic N) is 3. The van der Waals surface area contributed by atoms with Gasteiger partial charge < -0.3 is 24.2 Å². The first-order chi connectivity index (χ1) is 15.4. The summed E-state index contributed by atoms with van der Waals surface area (Å²) in [6.07, 6.45) is 1.75. The van der Waals surface area contributed by atoms with E-state index in [1.807, 2.05) is 42.7 Å². The average molecular weight is 438 g/mol. The summed E-state index contributed by atoms with van der Waals surface area (Å²) in [6.45, 7) is 4.44. The summed E-state index contributed by atoms with van der Waals surface area (Å²) in [4.78, 5) is 10.6. The first-order valence-corrected chi connectivity index (χ1v) is 9.88. The zero-order valence-corrected chi connectivity index (χ0v) is 18.7. The van der Waals surface area contributed by atoms with Crippen LogP contribution >= 0.6 is 0 Å². The van der Waals surface area contributed by atoms with Crippen LogP contribution in [0.4, 0.5) is 5.69 Å². The van der Waals surface area contributed by atoms with Crippen molar-refractivity contribution in [1.82, 2.24) is 9.99 Å². The molecule has 0 radical (unpaired) electrons. The molecule has 0 saturated heterocycles. The van der Waals surface area contributed by atoms with Gasteiger partial charge in [0.2, 0.25) is 0 Å². The van der Waals surface area contributed by atoms with E-state index < -0.39 is 4.92 Å². The Balaban J connectivity index is 1.78. The minimum absolute atomic E-state index is 0.0192. The number of aromatic nitrogens is 1. The van der Waals surface area contributed by atoms with Crippen molar-refractivity contribution in [2.45, 2.75) is 20.4 Å². The summed E-state index contributed by atoms with van der Waals surface area (Å²) in [5.41, 5.74) is 7.56. The van der Waals surface area contributed by atoms with Crippen LogP contribution in [0.3, 0.4) is 0 Å². The van der Waals surface area contributed by atoms with Crippen LogP contribution in [0.2, 0.25) is 0 Å². The Morgan fingerprint density at radius 2 is 1.72 bits per heavy atom. The molecule has 9 heteroatoms. The minimum atomic E-state index is -0.441. The van der Waals surface area contributed by atoms with Gasteiger partial charge in [-0.2, -0.15) is 5.10 Å². The van der Waals surface area contributed by atoms with Gasteiger partial charge in [0.1, 0.15) is 5.75 Å². The van der Waals surface area contributed by atoms with Crippen LogP contribution in [-0.4, -0.2) is 37.0 Å². The normalized spacial score (nSPS) is 10.9. The summed E-state index contributed by atoms with van der Waals surface area (Å²) in [5, 5.41) is 15.4. The molecule has 9 nitrogen and oxygen atoms in total. The number of aryl methyl sites for hydroxylation is 1. The Morgan fingerprint density at radius 3 is 2.38 bits per heavy atom. The van der Waals surface area contributed by atoms with E-state index in [0.717, 1.165) is 28.2 Å². The number of nitro benzene ring substituents is 1. The maximum absolute atomic E-state index is 11.1. The minimum Gasteiger partial charge on any atom is -0.494 e. The van der Waals surface area contributed by atoms with Crippen LogP contribution in [0, 0.1) is 24.0 Å². The van der Waals surface area contributed by atoms with Crippen molar-refractivity contribution in [2.24, 2.45) is 5.10 Å². The molecular formula is C23H26N4O5. The Labute approximate surface area is 186 Å². The Bertz CT molecular complexity index is 1150. The summed E-state index contributed by atoms with van der Waals surface area (Å²) >= 11 is 0. The van der Waals surface area contributed by atoms with Crippen LogP contribution in [0.15, 0.2) is 47.6 Å². The fourth-order valence-electron chi connectivity index (χ4n) is 3.50. The molecule has 0 aliphatic heterocycles. The Hall–Kier alpha value is -4.01. The number of benzene rings is 2. The number of nitrogens with one attached hydrogen (secondary N) is 1. The van der Waals surface area contributed by atoms with Crippen molar-refractivity contribution < 1.29 is 19.1 Å². The number of hydrogen-bond donors (Lipinski definition) is 1. The third kappa shape index (κ3) is 4.66. The van der Waals surface area contributed by atoms with E-state index in [2.05, 4.69) is 10.5 Å². The van der Waals surface area contributed by atoms with Crippen molar-refractivity contribution in [3.63, 3.8) is 0 Å². The van der Waals surface area contributed by atoms with Crippen molar-refractivity contribution >= 4 is 11.9 Å². The van der Waals surface area contributed by atoms with Crippen molar-refractivity contribution in [2.75, 3.05) is 21.3 Å². The van der Waals surface area contributed by atoms with Gasteiger partial charge >= 0.3 is 0 Å². The van der Waals surface area contributed by atoms with E-state index in [-0.39, 0.29) is 5.69 Å². The van der Waals surface area contributed by atoms with Gasteiger partial charge in [-0.05, 0) is 43.7 Å². The molecule has 0 atom stereocenters. The van der Waals surface area contributed by atoms with Crippen LogP contribution in [0.5, 0.6) is 17.2 Å². The van der Waals surface area contributed by atoms with E-state index in [4.69, 9.17) is 14.2 Å². The first-order valence-electron chi connectivity index (χ1n) is 9.88. The second-order valence-corrected chi connectivity index (χ2v) is 7.06. The van der Waals surface area contributed by atoms with Crippen LogP contribution < -0.4 is 19.6 Å². The molecule has 0 aliphatic rings. The molecule has 1 heterocycles. The molecule has 1 aromatic heterocycles. The monoisotopic (exact) mass is 438 g/mol. The summed E-state index contributed by atoms with van der Waals surface area (Å²) in [5.74, 6) is 1.77. The molecule has 0 aliphatic carbocycles. The molecular weight excluding hydrogens is 412 g/mol. The largest absolute Gasteiger partial charge is 0.494 e. The van der Waals surface area contributed by atoms with E-state index in [1.54, 1.807) is 26.5 Å². The highest BCUT2D eigenvalue weighted by Gasteiger charge is 2.17. The molecule has 168 valence electrons. The quantitative estimate of drug-likeness (QED) is 0.306. The van der Waals surface area contributed by atoms with Gasteiger partial charge in [0, 0.05) is 23.0 Å². The zero-order chi connectivity index (χ0) is 23.3. The SMILES string of the molecule is COc1ccc(CN/N=C\c2cc(C)n(-c3ccc([N+](=O)[O-])cc3OC)c2C)cc1OC. The van der Waals surface area contributed by atoms with Crippen LogP contribution in [0.25, 0.3) is 5.69 Å². The van der Waals surface area contributed by atoms with E-state index >= 15 is 0 Å². The van der Waals surface area contributed by atoms with Gasteiger partial charge in [-0.25, -0.2) is 0 Å². The molecule has 1 N–H and O–H groups in total. The number of hydrazone groups is 1. The predicted octanol–water partition coefficient (Wildman–Crippen LogP) is 4.15. The lowest BCUT2D eigenvalue weighted by Gasteiger charge is -2.13. The zero-order valence-electron chi connectivity index (χ0n) is 18.7. The fraction of sp³-hybridized carbons (Fsp3) is 0.261. The van der Waals surface area contributed by atoms with E-state index in [9.17, 15) is 10.1 Å². The van der Waals surface area contributed by atoms with Gasteiger partial charge in [0.05, 0.1) is 50.8 Å². The molecule has 2 aromatic carbocycles. The second-order valence-electron chi connectivity index (χ2n) is 7.06. The molecule has 0 fully saturated rings. The first kappa shape index (κ1) is 22.7. The number of methoxy groups -OCH3 is 3. The number of non-ortho nitro benzene ring substituents is 1. The number of nitro groups is 1. The molecule has 0 amide bonds. The molecule has 0 bridgehead atoms. The number of rotatable bonds is 9. The molecule has 3 rings (SSSR count). The maximum atomic E-state index is 11.1. The Kier molecular flexibility index (Phi) is 6.99. The highest BCUT2D eigenvalue weighted by molar-refractivity contribution is 5.82.